The van der Waals surface area contributed by atoms with E-state index >= 15 is 0 Å². The summed E-state index contributed by atoms with van der Waals surface area (Å²) in [7, 11) is 0. The second-order valence-corrected chi connectivity index (χ2v) is 5.25. The quantitative estimate of drug-likeness (QED) is 0.772. The summed E-state index contributed by atoms with van der Waals surface area (Å²) < 4.78 is 5.73. The van der Waals surface area contributed by atoms with Gasteiger partial charge >= 0.3 is 0 Å². The van der Waals surface area contributed by atoms with Crippen LogP contribution in [0, 0.1) is 0 Å². The largest absolute Gasteiger partial charge is 0.493 e. The fourth-order valence-electron chi connectivity index (χ4n) is 1.81. The summed E-state index contributed by atoms with van der Waals surface area (Å²) in [6.07, 6.45) is 0.995. The fraction of sp³-hybridized carbons (Fsp3) is 0.250. The van der Waals surface area contributed by atoms with Crippen molar-refractivity contribution in [2.75, 3.05) is 11.9 Å². The number of ether oxygens (including phenoxy) is 1. The third-order valence-electron chi connectivity index (χ3n) is 2.84. The lowest BCUT2D eigenvalue weighted by molar-refractivity contribution is 0.314. The van der Waals surface area contributed by atoms with Crippen molar-refractivity contribution in [3.8, 4) is 5.75 Å². The van der Waals surface area contributed by atoms with Crippen LogP contribution in [0.5, 0.6) is 5.75 Å². The van der Waals surface area contributed by atoms with Crippen molar-refractivity contribution >= 4 is 28.9 Å². The number of hydrogen-bond donors (Lipinski definition) is 1. The van der Waals surface area contributed by atoms with Crippen LogP contribution in [0.3, 0.4) is 0 Å². The molecule has 2 aromatic carbocycles. The highest BCUT2D eigenvalue weighted by Crippen LogP contribution is 2.26. The van der Waals surface area contributed by atoms with Crippen LogP contribution in [0.15, 0.2) is 42.5 Å². The maximum absolute atomic E-state index is 6.00. The molecular weight excluding hydrogens is 293 g/mol. The summed E-state index contributed by atoms with van der Waals surface area (Å²) in [4.78, 5) is 0. The summed E-state index contributed by atoms with van der Waals surface area (Å²) in [6.45, 7) is 3.50. The van der Waals surface area contributed by atoms with Crippen LogP contribution in [0.4, 0.5) is 5.69 Å². The molecule has 20 heavy (non-hydrogen) atoms. The van der Waals surface area contributed by atoms with Crippen LogP contribution in [-0.2, 0) is 6.54 Å². The molecule has 0 aliphatic rings. The van der Waals surface area contributed by atoms with Gasteiger partial charge in [-0.3, -0.25) is 0 Å². The Kier molecular flexibility index (Phi) is 5.57. The van der Waals surface area contributed by atoms with Crippen molar-refractivity contribution in [2.45, 2.75) is 19.9 Å². The van der Waals surface area contributed by atoms with Crippen molar-refractivity contribution in [3.63, 3.8) is 0 Å². The van der Waals surface area contributed by atoms with Crippen LogP contribution >= 0.6 is 23.2 Å². The molecule has 0 saturated heterocycles. The SMILES string of the molecule is CCCOc1ccccc1CNc1ccc(Cl)c(Cl)c1. The molecule has 2 rings (SSSR count). The van der Waals surface area contributed by atoms with Gasteiger partial charge in [-0.05, 0) is 30.7 Å². The lowest BCUT2D eigenvalue weighted by Gasteiger charge is -2.12. The zero-order chi connectivity index (χ0) is 14.4. The van der Waals surface area contributed by atoms with Gasteiger partial charge in [-0.25, -0.2) is 0 Å². The second-order valence-electron chi connectivity index (χ2n) is 4.44. The van der Waals surface area contributed by atoms with Crippen LogP contribution in [-0.4, -0.2) is 6.61 Å². The van der Waals surface area contributed by atoms with Gasteiger partial charge < -0.3 is 10.1 Å². The number of rotatable bonds is 6. The third-order valence-corrected chi connectivity index (χ3v) is 3.58. The molecule has 0 atom stereocenters. The molecule has 4 heteroatoms. The van der Waals surface area contributed by atoms with Gasteiger partial charge in [0.15, 0.2) is 0 Å². The van der Waals surface area contributed by atoms with Crippen LogP contribution < -0.4 is 10.1 Å². The van der Waals surface area contributed by atoms with Gasteiger partial charge in [0.2, 0.25) is 0 Å². The number of nitrogens with one attached hydrogen (secondary N) is 1. The molecule has 0 spiro atoms. The predicted molar refractivity (Wildman–Crippen MR) is 86.0 cm³/mol. The highest BCUT2D eigenvalue weighted by molar-refractivity contribution is 6.42. The first kappa shape index (κ1) is 15.0. The maximum atomic E-state index is 6.00. The molecule has 0 amide bonds. The summed E-state index contributed by atoms with van der Waals surface area (Å²) in [6, 6.07) is 13.5. The summed E-state index contributed by atoms with van der Waals surface area (Å²) >= 11 is 11.9. The minimum atomic E-state index is 0.548. The standard InChI is InChI=1S/C16H17Cl2NO/c1-2-9-20-16-6-4-3-5-12(16)11-19-13-7-8-14(17)15(18)10-13/h3-8,10,19H,2,9,11H2,1H3. The Morgan fingerprint density at radius 1 is 1.05 bits per heavy atom. The maximum Gasteiger partial charge on any atom is 0.124 e. The van der Waals surface area contributed by atoms with Gasteiger partial charge in [0, 0.05) is 17.8 Å². The lowest BCUT2D eigenvalue weighted by Crippen LogP contribution is -2.04. The van der Waals surface area contributed by atoms with E-state index in [1.54, 1.807) is 6.07 Å². The van der Waals surface area contributed by atoms with Crippen molar-refractivity contribution in [2.24, 2.45) is 0 Å². The van der Waals surface area contributed by atoms with E-state index in [1.807, 2.05) is 30.3 Å². The van der Waals surface area contributed by atoms with Crippen LogP contribution in [0.2, 0.25) is 10.0 Å². The molecular formula is C16H17Cl2NO. The van der Waals surface area contributed by atoms with Gasteiger partial charge in [-0.1, -0.05) is 48.3 Å². The van der Waals surface area contributed by atoms with Gasteiger partial charge in [-0.15, -0.1) is 0 Å². The predicted octanol–water partition coefficient (Wildman–Crippen LogP) is 5.39. The Labute approximate surface area is 129 Å². The van der Waals surface area contributed by atoms with Crippen molar-refractivity contribution in [1.29, 1.82) is 0 Å². The molecule has 2 nitrogen and oxygen atoms in total. The molecule has 1 N–H and O–H groups in total. The first-order valence-electron chi connectivity index (χ1n) is 6.60. The molecule has 0 saturated carbocycles. The van der Waals surface area contributed by atoms with Crippen molar-refractivity contribution in [1.82, 2.24) is 0 Å². The summed E-state index contributed by atoms with van der Waals surface area (Å²) in [5.41, 5.74) is 2.05. The van der Waals surface area contributed by atoms with Crippen LogP contribution in [0.1, 0.15) is 18.9 Å². The first-order valence-corrected chi connectivity index (χ1v) is 7.36. The third kappa shape index (κ3) is 4.06. The molecule has 0 aliphatic carbocycles. The number of anilines is 1. The normalized spacial score (nSPS) is 10.3. The number of halogens is 2. The molecule has 0 heterocycles. The Morgan fingerprint density at radius 2 is 1.85 bits per heavy atom. The van der Waals surface area contributed by atoms with E-state index < -0.39 is 0 Å². The molecule has 106 valence electrons. The molecule has 0 aromatic heterocycles. The lowest BCUT2D eigenvalue weighted by atomic mass is 10.2. The van der Waals surface area contributed by atoms with Gasteiger partial charge in [0.05, 0.1) is 16.7 Å². The smallest absolute Gasteiger partial charge is 0.124 e. The Bertz CT molecular complexity index is 572. The molecule has 0 fully saturated rings. The van der Waals surface area contributed by atoms with E-state index in [9.17, 15) is 0 Å². The topological polar surface area (TPSA) is 21.3 Å². The highest BCUT2D eigenvalue weighted by atomic mass is 35.5. The van der Waals surface area contributed by atoms with E-state index in [0.717, 1.165) is 30.0 Å². The Hall–Kier alpha value is -1.38. The van der Waals surface area contributed by atoms with Crippen molar-refractivity contribution in [3.05, 3.63) is 58.1 Å². The molecule has 0 unspecified atom stereocenters. The zero-order valence-electron chi connectivity index (χ0n) is 11.3. The molecule has 0 bridgehead atoms. The van der Waals surface area contributed by atoms with E-state index in [-0.39, 0.29) is 0 Å². The van der Waals surface area contributed by atoms with Crippen LogP contribution in [0.25, 0.3) is 0 Å². The van der Waals surface area contributed by atoms with E-state index in [4.69, 9.17) is 27.9 Å². The van der Waals surface area contributed by atoms with Gasteiger partial charge in [-0.2, -0.15) is 0 Å². The Balaban J connectivity index is 2.04. The summed E-state index contributed by atoms with van der Waals surface area (Å²) in [5, 5.41) is 4.43. The summed E-state index contributed by atoms with van der Waals surface area (Å²) in [5.74, 6) is 0.918. The fourth-order valence-corrected chi connectivity index (χ4v) is 2.10. The minimum Gasteiger partial charge on any atom is -0.493 e. The molecule has 0 aliphatic heterocycles. The van der Waals surface area contributed by atoms with E-state index in [2.05, 4.69) is 18.3 Å². The number of para-hydroxylation sites is 1. The number of hydrogen-bond acceptors (Lipinski definition) is 2. The molecule has 0 radical (unpaired) electrons. The zero-order valence-corrected chi connectivity index (χ0v) is 12.8. The highest BCUT2D eigenvalue weighted by Gasteiger charge is 2.04. The average Bonchev–Trinajstić information content (AvgIpc) is 2.47. The van der Waals surface area contributed by atoms with E-state index in [1.165, 1.54) is 0 Å². The van der Waals surface area contributed by atoms with Gasteiger partial charge in [0.1, 0.15) is 5.75 Å². The monoisotopic (exact) mass is 309 g/mol. The van der Waals surface area contributed by atoms with Gasteiger partial charge in [0.25, 0.3) is 0 Å². The minimum absolute atomic E-state index is 0.548. The number of benzene rings is 2. The average molecular weight is 310 g/mol. The Morgan fingerprint density at radius 3 is 2.60 bits per heavy atom. The van der Waals surface area contributed by atoms with E-state index in [0.29, 0.717) is 16.6 Å². The van der Waals surface area contributed by atoms with Crippen molar-refractivity contribution < 1.29 is 4.74 Å². The molecule has 2 aromatic rings. The first-order chi connectivity index (χ1) is 9.70. The second kappa shape index (κ2) is 7.41.